The molecule has 28 heavy (non-hydrogen) atoms. The highest BCUT2D eigenvalue weighted by molar-refractivity contribution is 5.92. The molecule has 1 saturated carbocycles. The number of carbonyl (C=O) groups excluding carboxylic acids is 1. The summed E-state index contributed by atoms with van der Waals surface area (Å²) in [6, 6.07) is 3.47. The van der Waals surface area contributed by atoms with E-state index in [0.717, 1.165) is 51.4 Å². The number of aliphatic hydroxyl groups excluding tert-OH is 1. The summed E-state index contributed by atoms with van der Waals surface area (Å²) in [6.45, 7) is 4.98. The number of rotatable bonds is 6. The van der Waals surface area contributed by atoms with E-state index in [2.05, 4.69) is 20.2 Å². The van der Waals surface area contributed by atoms with Crippen molar-refractivity contribution in [1.29, 1.82) is 0 Å². The average Bonchev–Trinajstić information content (AvgIpc) is 3.33. The number of hydrogen-bond donors (Lipinski definition) is 2. The van der Waals surface area contributed by atoms with Gasteiger partial charge in [0.25, 0.3) is 5.91 Å². The zero-order valence-corrected chi connectivity index (χ0v) is 15.9. The van der Waals surface area contributed by atoms with Gasteiger partial charge in [-0.3, -0.25) is 14.7 Å². The van der Waals surface area contributed by atoms with Crippen LogP contribution in [0.2, 0.25) is 0 Å². The summed E-state index contributed by atoms with van der Waals surface area (Å²) in [4.78, 5) is 23.2. The van der Waals surface area contributed by atoms with Gasteiger partial charge in [-0.25, -0.2) is 4.98 Å². The predicted octanol–water partition coefficient (Wildman–Crippen LogP) is 0.680. The van der Waals surface area contributed by atoms with Crippen molar-refractivity contribution in [2.45, 2.75) is 38.1 Å². The number of imidazole rings is 1. The van der Waals surface area contributed by atoms with Gasteiger partial charge in [-0.05, 0) is 30.4 Å². The van der Waals surface area contributed by atoms with Crippen molar-refractivity contribution < 1.29 is 14.6 Å². The molecule has 2 fully saturated rings. The summed E-state index contributed by atoms with van der Waals surface area (Å²) in [6.07, 6.45) is 8.10. The Morgan fingerprint density at radius 1 is 1.29 bits per heavy atom. The third-order valence-corrected chi connectivity index (χ3v) is 5.54. The Morgan fingerprint density at radius 3 is 2.86 bits per heavy atom. The maximum absolute atomic E-state index is 12.5. The summed E-state index contributed by atoms with van der Waals surface area (Å²) in [5, 5.41) is 13.3. The van der Waals surface area contributed by atoms with Gasteiger partial charge in [-0.2, -0.15) is 0 Å². The van der Waals surface area contributed by atoms with Crippen LogP contribution in [0, 0.1) is 5.92 Å². The third-order valence-electron chi connectivity index (χ3n) is 5.54. The molecule has 2 aromatic heterocycles. The fourth-order valence-corrected chi connectivity index (χ4v) is 4.03. The average molecular weight is 385 g/mol. The minimum atomic E-state index is -0.530. The Labute approximate surface area is 164 Å². The Morgan fingerprint density at radius 2 is 2.14 bits per heavy atom. The second kappa shape index (κ2) is 8.81. The van der Waals surface area contributed by atoms with Gasteiger partial charge in [-0.15, -0.1) is 0 Å². The van der Waals surface area contributed by atoms with Crippen molar-refractivity contribution >= 4 is 5.91 Å². The van der Waals surface area contributed by atoms with Gasteiger partial charge >= 0.3 is 0 Å². The van der Waals surface area contributed by atoms with Crippen LogP contribution in [0.1, 0.15) is 28.9 Å². The number of hydrogen-bond acceptors (Lipinski definition) is 6. The number of nitrogens with one attached hydrogen (secondary N) is 1. The first-order chi connectivity index (χ1) is 13.7. The molecule has 0 radical (unpaired) electrons. The molecule has 3 atom stereocenters. The monoisotopic (exact) mass is 385 g/mol. The highest BCUT2D eigenvalue weighted by Gasteiger charge is 2.34. The minimum Gasteiger partial charge on any atom is -0.391 e. The van der Waals surface area contributed by atoms with E-state index in [1.54, 1.807) is 24.8 Å². The second-order valence-corrected chi connectivity index (χ2v) is 7.68. The van der Waals surface area contributed by atoms with Crippen LogP contribution in [0.5, 0.6) is 0 Å². The normalized spacial score (nSPS) is 25.7. The summed E-state index contributed by atoms with van der Waals surface area (Å²) in [5.41, 5.74) is 1.47. The van der Waals surface area contributed by atoms with E-state index >= 15 is 0 Å². The number of morpholine rings is 1. The van der Waals surface area contributed by atoms with E-state index in [4.69, 9.17) is 4.74 Å². The van der Waals surface area contributed by atoms with Crippen molar-refractivity contribution in [2.75, 3.05) is 26.3 Å². The molecule has 8 heteroatoms. The van der Waals surface area contributed by atoms with Gasteiger partial charge < -0.3 is 19.7 Å². The fourth-order valence-electron chi connectivity index (χ4n) is 4.03. The summed E-state index contributed by atoms with van der Waals surface area (Å²) >= 11 is 0. The molecule has 1 aliphatic carbocycles. The molecule has 8 nitrogen and oxygen atoms in total. The molecule has 2 aromatic rings. The molecule has 0 bridgehead atoms. The molecular weight excluding hydrogens is 358 g/mol. The van der Waals surface area contributed by atoms with Crippen LogP contribution in [0.3, 0.4) is 0 Å². The molecule has 150 valence electrons. The quantitative estimate of drug-likeness (QED) is 0.760. The largest absolute Gasteiger partial charge is 0.391 e. The number of aromatic nitrogens is 3. The lowest BCUT2D eigenvalue weighted by molar-refractivity contribution is 0.0341. The van der Waals surface area contributed by atoms with E-state index < -0.39 is 6.10 Å². The topological polar surface area (TPSA) is 92.5 Å². The predicted molar refractivity (Wildman–Crippen MR) is 103 cm³/mol. The van der Waals surface area contributed by atoms with Crippen molar-refractivity contribution in [3.05, 3.63) is 48.3 Å². The molecular formula is C20H27N5O3. The number of nitrogens with zero attached hydrogens (tertiary/aromatic N) is 4. The molecule has 4 rings (SSSR count). The molecule has 2 N–H and O–H groups in total. The van der Waals surface area contributed by atoms with E-state index in [9.17, 15) is 9.90 Å². The first-order valence-corrected chi connectivity index (χ1v) is 9.87. The first-order valence-electron chi connectivity index (χ1n) is 9.87. The number of carbonyl (C=O) groups is 1. The molecule has 2 aliphatic rings. The van der Waals surface area contributed by atoms with Crippen LogP contribution >= 0.6 is 0 Å². The van der Waals surface area contributed by atoms with Crippen LogP contribution in [0.25, 0.3) is 0 Å². The molecule has 1 aliphatic heterocycles. The molecule has 1 saturated heterocycles. The maximum Gasteiger partial charge on any atom is 0.270 e. The van der Waals surface area contributed by atoms with Crippen molar-refractivity contribution in [3.63, 3.8) is 0 Å². The van der Waals surface area contributed by atoms with Crippen molar-refractivity contribution in [1.82, 2.24) is 24.8 Å². The highest BCUT2D eigenvalue weighted by atomic mass is 16.5. The van der Waals surface area contributed by atoms with E-state index in [-0.39, 0.29) is 11.9 Å². The molecule has 1 amide bonds. The maximum atomic E-state index is 12.5. The zero-order chi connectivity index (χ0) is 19.3. The van der Waals surface area contributed by atoms with Gasteiger partial charge in [0.1, 0.15) is 5.69 Å². The van der Waals surface area contributed by atoms with Gasteiger partial charge in [0.15, 0.2) is 0 Å². The lowest BCUT2D eigenvalue weighted by atomic mass is 10.1. The lowest BCUT2D eigenvalue weighted by Crippen LogP contribution is -2.40. The van der Waals surface area contributed by atoms with Gasteiger partial charge in [0.2, 0.25) is 0 Å². The number of amides is 1. The van der Waals surface area contributed by atoms with E-state index in [1.165, 1.54) is 0 Å². The second-order valence-electron chi connectivity index (χ2n) is 7.68. The summed E-state index contributed by atoms with van der Waals surface area (Å²) in [7, 11) is 0. The van der Waals surface area contributed by atoms with E-state index in [1.807, 2.05) is 16.8 Å². The van der Waals surface area contributed by atoms with Crippen molar-refractivity contribution in [3.8, 4) is 0 Å². The third kappa shape index (κ3) is 4.76. The Balaban J connectivity index is 1.29. The van der Waals surface area contributed by atoms with Crippen LogP contribution in [0.15, 0.2) is 37.1 Å². The Hall–Kier alpha value is -2.29. The molecule has 0 spiro atoms. The summed E-state index contributed by atoms with van der Waals surface area (Å²) in [5.74, 6) is 0.0867. The number of aliphatic hydroxyl groups is 1. The van der Waals surface area contributed by atoms with Crippen LogP contribution < -0.4 is 5.32 Å². The highest BCUT2D eigenvalue weighted by Crippen LogP contribution is 2.27. The Bertz CT molecular complexity index is 759. The van der Waals surface area contributed by atoms with Crippen LogP contribution in [-0.4, -0.2) is 68.9 Å². The molecule has 0 aromatic carbocycles. The van der Waals surface area contributed by atoms with Gasteiger partial charge in [0, 0.05) is 44.8 Å². The molecule has 1 unspecified atom stereocenters. The molecule has 3 heterocycles. The van der Waals surface area contributed by atoms with Crippen molar-refractivity contribution in [2.24, 2.45) is 5.92 Å². The van der Waals surface area contributed by atoms with E-state index in [0.29, 0.717) is 18.0 Å². The fraction of sp³-hybridized carbons (Fsp3) is 0.550. The number of ether oxygens (including phenoxy) is 1. The zero-order valence-electron chi connectivity index (χ0n) is 15.9. The summed E-state index contributed by atoms with van der Waals surface area (Å²) < 4.78 is 7.37. The van der Waals surface area contributed by atoms with Gasteiger partial charge in [-0.1, -0.05) is 6.07 Å². The number of pyridine rings is 1. The smallest absolute Gasteiger partial charge is 0.270 e. The minimum absolute atomic E-state index is 0.231. The van der Waals surface area contributed by atoms with Crippen LogP contribution in [-0.2, 0) is 17.8 Å². The van der Waals surface area contributed by atoms with Gasteiger partial charge in [0.05, 0.1) is 31.7 Å². The Kier molecular flexibility index (Phi) is 5.99. The first kappa shape index (κ1) is 19.0. The lowest BCUT2D eigenvalue weighted by Gasteiger charge is -2.26. The van der Waals surface area contributed by atoms with Crippen LogP contribution in [0.4, 0.5) is 0 Å². The SMILES string of the molecule is O=C(N[C@@H]1CC(Cn2ccnc2)C[C@H]1O)c1ccc(CN2CCOCC2)cn1. The standard InChI is InChI=1S/C20H27N5O3/c26-19-10-16(13-25-4-3-21-14-25)9-18(19)23-20(27)17-2-1-15(11-22-17)12-24-5-7-28-8-6-24/h1-4,11,14,16,18-19,26H,5-10,12-13H2,(H,23,27)/t16?,18-,19-/m1/s1.